The van der Waals surface area contributed by atoms with Crippen molar-refractivity contribution in [2.45, 2.75) is 31.5 Å². The van der Waals surface area contributed by atoms with Gasteiger partial charge < -0.3 is 24.8 Å². The summed E-state index contributed by atoms with van der Waals surface area (Å²) in [6, 6.07) is 15.6. The predicted octanol–water partition coefficient (Wildman–Crippen LogP) is 2.35. The number of methoxy groups -OCH3 is 2. The molecule has 2 aromatic carbocycles. The van der Waals surface area contributed by atoms with Gasteiger partial charge >= 0.3 is 0 Å². The van der Waals surface area contributed by atoms with Crippen LogP contribution >= 0.6 is 0 Å². The van der Waals surface area contributed by atoms with Crippen molar-refractivity contribution >= 4 is 5.91 Å². The number of carbonyl (C=O) groups is 1. The van der Waals surface area contributed by atoms with Crippen LogP contribution in [0.4, 0.5) is 0 Å². The van der Waals surface area contributed by atoms with E-state index in [4.69, 9.17) is 9.47 Å². The second-order valence-electron chi connectivity index (χ2n) is 7.10. The quantitative estimate of drug-likeness (QED) is 0.731. The first-order valence-electron chi connectivity index (χ1n) is 9.53. The Kier molecular flexibility index (Phi) is 6.54. The number of piperidine rings is 1. The summed E-state index contributed by atoms with van der Waals surface area (Å²) in [6.45, 7) is 1.83. The number of rotatable bonds is 8. The third-order valence-corrected chi connectivity index (χ3v) is 5.14. The van der Waals surface area contributed by atoms with Crippen molar-refractivity contribution in [3.63, 3.8) is 0 Å². The van der Waals surface area contributed by atoms with Crippen LogP contribution in [0, 0.1) is 0 Å². The van der Waals surface area contributed by atoms with E-state index in [9.17, 15) is 9.90 Å². The van der Waals surface area contributed by atoms with E-state index < -0.39 is 5.60 Å². The highest BCUT2D eigenvalue weighted by Gasteiger charge is 2.42. The van der Waals surface area contributed by atoms with Crippen molar-refractivity contribution in [1.29, 1.82) is 0 Å². The Balaban J connectivity index is 1.66. The molecule has 28 heavy (non-hydrogen) atoms. The molecule has 0 saturated carbocycles. The monoisotopic (exact) mass is 384 g/mol. The summed E-state index contributed by atoms with van der Waals surface area (Å²) >= 11 is 0. The number of ether oxygens (including phenoxy) is 2. The predicted molar refractivity (Wildman–Crippen MR) is 107 cm³/mol. The number of hydrogen-bond acceptors (Lipinski definition) is 5. The molecule has 1 aliphatic heterocycles. The summed E-state index contributed by atoms with van der Waals surface area (Å²) < 4.78 is 10.8. The lowest BCUT2D eigenvalue weighted by atomic mass is 9.91. The van der Waals surface area contributed by atoms with Gasteiger partial charge in [0.05, 0.1) is 14.2 Å². The normalized spacial score (nSPS) is 19.5. The van der Waals surface area contributed by atoms with Gasteiger partial charge in [-0.1, -0.05) is 42.5 Å². The fourth-order valence-corrected chi connectivity index (χ4v) is 3.67. The topological polar surface area (TPSA) is 71.0 Å². The van der Waals surface area contributed by atoms with Gasteiger partial charge in [-0.25, -0.2) is 0 Å². The lowest BCUT2D eigenvalue weighted by Gasteiger charge is -2.38. The molecule has 2 aromatic rings. The SMILES string of the molecule is COc1cccc(CN2CCC[C@@](O)(CNCc3ccccc3)C2=O)c1OC. The first kappa shape index (κ1) is 20.2. The number of hydrogen-bond donors (Lipinski definition) is 2. The molecule has 0 aromatic heterocycles. The van der Waals surface area contributed by atoms with Gasteiger partial charge in [0.15, 0.2) is 17.1 Å². The number of likely N-dealkylation sites (tertiary alicyclic amines) is 1. The van der Waals surface area contributed by atoms with Crippen LogP contribution in [-0.2, 0) is 17.9 Å². The van der Waals surface area contributed by atoms with E-state index in [0.717, 1.165) is 17.5 Å². The Hall–Kier alpha value is -2.57. The molecule has 3 rings (SSSR count). The van der Waals surface area contributed by atoms with E-state index in [1.807, 2.05) is 48.5 Å². The fraction of sp³-hybridized carbons (Fsp3) is 0.409. The first-order valence-corrected chi connectivity index (χ1v) is 9.53. The van der Waals surface area contributed by atoms with E-state index in [1.165, 1.54) is 0 Å². The molecule has 0 spiro atoms. The van der Waals surface area contributed by atoms with Gasteiger partial charge in [0.2, 0.25) is 0 Å². The van der Waals surface area contributed by atoms with Crippen LogP contribution in [0.25, 0.3) is 0 Å². The van der Waals surface area contributed by atoms with Crippen LogP contribution in [0.5, 0.6) is 11.5 Å². The van der Waals surface area contributed by atoms with Crippen LogP contribution in [-0.4, -0.2) is 48.8 Å². The largest absolute Gasteiger partial charge is 0.493 e. The highest BCUT2D eigenvalue weighted by atomic mass is 16.5. The fourth-order valence-electron chi connectivity index (χ4n) is 3.67. The summed E-state index contributed by atoms with van der Waals surface area (Å²) in [5, 5.41) is 14.2. The maximum Gasteiger partial charge on any atom is 0.256 e. The highest BCUT2D eigenvalue weighted by molar-refractivity contribution is 5.86. The Morgan fingerprint density at radius 3 is 2.61 bits per heavy atom. The number of nitrogens with zero attached hydrogens (tertiary/aromatic N) is 1. The third-order valence-electron chi connectivity index (χ3n) is 5.14. The van der Waals surface area contributed by atoms with Crippen LogP contribution in [0.15, 0.2) is 48.5 Å². The lowest BCUT2D eigenvalue weighted by Crippen LogP contribution is -2.57. The van der Waals surface area contributed by atoms with Gasteiger partial charge in [-0.15, -0.1) is 0 Å². The molecule has 6 nitrogen and oxygen atoms in total. The number of nitrogens with one attached hydrogen (secondary N) is 1. The number of benzene rings is 2. The highest BCUT2D eigenvalue weighted by Crippen LogP contribution is 2.33. The minimum absolute atomic E-state index is 0.229. The van der Waals surface area contributed by atoms with E-state index in [1.54, 1.807) is 19.1 Å². The van der Waals surface area contributed by atoms with Crippen molar-refractivity contribution in [1.82, 2.24) is 10.2 Å². The van der Waals surface area contributed by atoms with Crippen molar-refractivity contribution in [3.8, 4) is 11.5 Å². The van der Waals surface area contributed by atoms with E-state index in [2.05, 4.69) is 5.32 Å². The molecule has 1 atom stereocenters. The number of aliphatic hydroxyl groups is 1. The Labute approximate surface area is 166 Å². The molecule has 0 aliphatic carbocycles. The summed E-state index contributed by atoms with van der Waals surface area (Å²) in [4.78, 5) is 14.7. The summed E-state index contributed by atoms with van der Waals surface area (Å²) in [7, 11) is 3.17. The zero-order valence-electron chi connectivity index (χ0n) is 16.5. The third kappa shape index (κ3) is 4.46. The zero-order valence-corrected chi connectivity index (χ0v) is 16.5. The standard InChI is InChI=1S/C22H28N2O4/c1-27-19-11-6-10-18(20(19)28-2)15-24-13-7-12-22(26,21(24)25)16-23-14-17-8-4-3-5-9-17/h3-6,8-11,23,26H,7,12-16H2,1-2H3/t22-/m1/s1. The van der Waals surface area contributed by atoms with Crippen molar-refractivity contribution in [3.05, 3.63) is 59.7 Å². The molecule has 1 saturated heterocycles. The Morgan fingerprint density at radius 1 is 1.11 bits per heavy atom. The Bertz CT molecular complexity index is 796. The minimum atomic E-state index is -1.39. The number of amides is 1. The van der Waals surface area contributed by atoms with Gasteiger partial charge in [-0.3, -0.25) is 4.79 Å². The van der Waals surface area contributed by atoms with Gasteiger partial charge in [0.1, 0.15) is 0 Å². The smallest absolute Gasteiger partial charge is 0.256 e. The summed E-state index contributed by atoms with van der Waals surface area (Å²) in [5.74, 6) is 1.00. The summed E-state index contributed by atoms with van der Waals surface area (Å²) in [6.07, 6.45) is 1.21. The molecule has 0 radical (unpaired) electrons. The summed E-state index contributed by atoms with van der Waals surface area (Å²) in [5.41, 5.74) is 0.586. The molecular weight excluding hydrogens is 356 g/mol. The second kappa shape index (κ2) is 9.08. The molecular formula is C22H28N2O4. The molecule has 1 amide bonds. The van der Waals surface area contributed by atoms with Crippen LogP contribution in [0.1, 0.15) is 24.0 Å². The maximum atomic E-state index is 13.0. The van der Waals surface area contributed by atoms with Gasteiger partial charge in [-0.2, -0.15) is 0 Å². The van der Waals surface area contributed by atoms with Crippen LogP contribution < -0.4 is 14.8 Å². The van der Waals surface area contributed by atoms with Crippen LogP contribution in [0.2, 0.25) is 0 Å². The molecule has 2 N–H and O–H groups in total. The molecule has 0 bridgehead atoms. The molecule has 150 valence electrons. The Morgan fingerprint density at radius 2 is 1.89 bits per heavy atom. The maximum absolute atomic E-state index is 13.0. The lowest BCUT2D eigenvalue weighted by molar-refractivity contribution is -0.157. The molecule has 0 unspecified atom stereocenters. The van der Waals surface area contributed by atoms with E-state index in [-0.39, 0.29) is 12.5 Å². The van der Waals surface area contributed by atoms with E-state index >= 15 is 0 Å². The van der Waals surface area contributed by atoms with Crippen molar-refractivity contribution in [2.24, 2.45) is 0 Å². The molecule has 1 aliphatic rings. The minimum Gasteiger partial charge on any atom is -0.493 e. The van der Waals surface area contributed by atoms with Crippen LogP contribution in [0.3, 0.4) is 0 Å². The van der Waals surface area contributed by atoms with Gasteiger partial charge in [-0.05, 0) is 24.5 Å². The molecule has 6 heteroatoms. The van der Waals surface area contributed by atoms with Gasteiger partial charge in [0, 0.05) is 31.7 Å². The second-order valence-corrected chi connectivity index (χ2v) is 7.10. The first-order chi connectivity index (χ1) is 13.6. The zero-order chi connectivity index (χ0) is 20.0. The van der Waals surface area contributed by atoms with Gasteiger partial charge in [0.25, 0.3) is 5.91 Å². The average molecular weight is 384 g/mol. The molecule has 1 fully saturated rings. The van der Waals surface area contributed by atoms with Crippen molar-refractivity contribution < 1.29 is 19.4 Å². The number of carbonyl (C=O) groups excluding carboxylic acids is 1. The number of para-hydroxylation sites is 1. The van der Waals surface area contributed by atoms with E-state index in [0.29, 0.717) is 37.6 Å². The average Bonchev–Trinajstić information content (AvgIpc) is 2.72. The molecule has 1 heterocycles. The van der Waals surface area contributed by atoms with Crippen molar-refractivity contribution in [2.75, 3.05) is 27.3 Å².